The highest BCUT2D eigenvalue weighted by Crippen LogP contribution is 2.29. The van der Waals surface area contributed by atoms with Crippen molar-refractivity contribution in [2.75, 3.05) is 0 Å². The molecule has 0 saturated carbocycles. The Morgan fingerprint density at radius 2 is 2.24 bits per heavy atom. The minimum absolute atomic E-state index is 0.295. The van der Waals surface area contributed by atoms with Crippen LogP contribution in [0.15, 0.2) is 4.42 Å². The van der Waals surface area contributed by atoms with Crippen LogP contribution < -0.4 is 0 Å². The standard InChI is InChI=1S/C11H12ClN3O2/c1-4-8-13-6(2)10(17-8)9-7(5-16)11(12)15(3)14-9/h5H,4H2,1-3H3. The number of hydrogen-bond donors (Lipinski definition) is 0. The Morgan fingerprint density at radius 1 is 1.53 bits per heavy atom. The molecule has 2 rings (SSSR count). The maximum Gasteiger partial charge on any atom is 0.194 e. The summed E-state index contributed by atoms with van der Waals surface area (Å²) in [5.41, 5.74) is 1.48. The number of hydrogen-bond acceptors (Lipinski definition) is 4. The summed E-state index contributed by atoms with van der Waals surface area (Å²) in [6, 6.07) is 0. The van der Waals surface area contributed by atoms with Gasteiger partial charge in [0.05, 0.1) is 11.3 Å². The van der Waals surface area contributed by atoms with Crippen molar-refractivity contribution in [3.05, 3.63) is 22.3 Å². The molecule has 0 unspecified atom stereocenters. The van der Waals surface area contributed by atoms with Crippen molar-refractivity contribution in [1.29, 1.82) is 0 Å². The molecule has 0 amide bonds. The van der Waals surface area contributed by atoms with Crippen LogP contribution in [0.4, 0.5) is 0 Å². The highest BCUT2D eigenvalue weighted by Gasteiger charge is 2.21. The van der Waals surface area contributed by atoms with Crippen LogP contribution in [0.1, 0.15) is 28.9 Å². The fourth-order valence-electron chi connectivity index (χ4n) is 1.62. The molecule has 0 aliphatic carbocycles. The van der Waals surface area contributed by atoms with Gasteiger partial charge in [-0.05, 0) is 6.92 Å². The number of nitrogens with zero attached hydrogens (tertiary/aromatic N) is 3. The van der Waals surface area contributed by atoms with Gasteiger partial charge in [0, 0.05) is 13.5 Å². The van der Waals surface area contributed by atoms with Crippen molar-refractivity contribution in [3.8, 4) is 11.5 Å². The number of aryl methyl sites for hydroxylation is 3. The van der Waals surface area contributed by atoms with Crippen LogP contribution >= 0.6 is 11.6 Å². The van der Waals surface area contributed by atoms with E-state index in [1.54, 1.807) is 7.05 Å². The highest BCUT2D eigenvalue weighted by atomic mass is 35.5. The van der Waals surface area contributed by atoms with E-state index in [1.165, 1.54) is 4.68 Å². The summed E-state index contributed by atoms with van der Waals surface area (Å²) in [6.45, 7) is 3.76. The van der Waals surface area contributed by atoms with Gasteiger partial charge in [0.25, 0.3) is 0 Å². The molecule has 0 spiro atoms. The second kappa shape index (κ2) is 4.33. The summed E-state index contributed by atoms with van der Waals surface area (Å²) in [5.74, 6) is 1.13. The molecule has 2 aromatic rings. The topological polar surface area (TPSA) is 60.9 Å². The summed E-state index contributed by atoms with van der Waals surface area (Å²) >= 11 is 5.96. The van der Waals surface area contributed by atoms with E-state index in [0.717, 1.165) is 0 Å². The molecule has 90 valence electrons. The van der Waals surface area contributed by atoms with Crippen LogP contribution in [0.25, 0.3) is 11.5 Å². The Morgan fingerprint density at radius 3 is 2.76 bits per heavy atom. The second-order valence-corrected chi connectivity index (χ2v) is 4.03. The Hall–Kier alpha value is -1.62. The van der Waals surface area contributed by atoms with Gasteiger partial charge in [0.2, 0.25) is 0 Å². The number of aldehydes is 1. The zero-order valence-electron chi connectivity index (χ0n) is 9.82. The molecular weight excluding hydrogens is 242 g/mol. The Balaban J connectivity index is 2.63. The van der Waals surface area contributed by atoms with E-state index in [0.29, 0.717) is 46.5 Å². The first-order valence-corrected chi connectivity index (χ1v) is 5.60. The molecule has 0 radical (unpaired) electrons. The molecule has 0 atom stereocenters. The minimum atomic E-state index is 0.295. The fraction of sp³-hybridized carbons (Fsp3) is 0.364. The highest BCUT2D eigenvalue weighted by molar-refractivity contribution is 6.32. The van der Waals surface area contributed by atoms with Crippen molar-refractivity contribution < 1.29 is 9.21 Å². The Kier molecular flexibility index (Phi) is 3.02. The van der Waals surface area contributed by atoms with Crippen LogP contribution in [0.2, 0.25) is 5.15 Å². The number of rotatable bonds is 3. The van der Waals surface area contributed by atoms with Gasteiger partial charge < -0.3 is 4.42 Å². The smallest absolute Gasteiger partial charge is 0.194 e. The van der Waals surface area contributed by atoms with Gasteiger partial charge in [-0.15, -0.1) is 0 Å². The van der Waals surface area contributed by atoms with Gasteiger partial charge in [-0.2, -0.15) is 5.10 Å². The molecule has 6 heteroatoms. The third kappa shape index (κ3) is 1.86. The first-order valence-electron chi connectivity index (χ1n) is 5.22. The molecule has 0 aliphatic heterocycles. The lowest BCUT2D eigenvalue weighted by Gasteiger charge is -1.92. The summed E-state index contributed by atoms with van der Waals surface area (Å²) in [7, 11) is 1.67. The zero-order valence-corrected chi connectivity index (χ0v) is 10.6. The van der Waals surface area contributed by atoms with Crippen molar-refractivity contribution in [2.45, 2.75) is 20.3 Å². The van der Waals surface area contributed by atoms with Crippen molar-refractivity contribution in [3.63, 3.8) is 0 Å². The average molecular weight is 254 g/mol. The first-order chi connectivity index (χ1) is 8.08. The van der Waals surface area contributed by atoms with Crippen LogP contribution in [-0.2, 0) is 13.5 Å². The van der Waals surface area contributed by atoms with E-state index in [9.17, 15) is 4.79 Å². The van der Waals surface area contributed by atoms with Crippen LogP contribution in [0.3, 0.4) is 0 Å². The van der Waals surface area contributed by atoms with E-state index in [-0.39, 0.29) is 0 Å². The van der Waals surface area contributed by atoms with E-state index in [4.69, 9.17) is 16.0 Å². The molecule has 0 N–H and O–H groups in total. The summed E-state index contributed by atoms with van der Waals surface area (Å²) < 4.78 is 6.99. The van der Waals surface area contributed by atoms with Crippen LogP contribution in [0, 0.1) is 6.92 Å². The Labute approximate surface area is 103 Å². The van der Waals surface area contributed by atoms with Crippen molar-refractivity contribution in [2.24, 2.45) is 7.05 Å². The van der Waals surface area contributed by atoms with Crippen molar-refractivity contribution in [1.82, 2.24) is 14.8 Å². The Bertz CT molecular complexity index is 572. The minimum Gasteiger partial charge on any atom is -0.439 e. The molecule has 0 aliphatic rings. The maximum atomic E-state index is 11.0. The SMILES string of the molecule is CCc1nc(C)c(-c2nn(C)c(Cl)c2C=O)o1. The van der Waals surface area contributed by atoms with Crippen LogP contribution in [-0.4, -0.2) is 21.1 Å². The number of oxazole rings is 1. The lowest BCUT2D eigenvalue weighted by molar-refractivity contribution is 0.112. The lowest BCUT2D eigenvalue weighted by atomic mass is 10.2. The third-order valence-electron chi connectivity index (χ3n) is 2.49. The van der Waals surface area contributed by atoms with E-state index in [2.05, 4.69) is 10.1 Å². The normalized spacial score (nSPS) is 10.8. The van der Waals surface area contributed by atoms with E-state index >= 15 is 0 Å². The van der Waals surface area contributed by atoms with Gasteiger partial charge in [-0.3, -0.25) is 9.48 Å². The summed E-state index contributed by atoms with van der Waals surface area (Å²) in [6.07, 6.45) is 1.37. The molecular formula is C11H12ClN3O2. The summed E-state index contributed by atoms with van der Waals surface area (Å²) in [4.78, 5) is 15.3. The first kappa shape index (κ1) is 11.9. The van der Waals surface area contributed by atoms with Gasteiger partial charge in [0.1, 0.15) is 10.8 Å². The molecule has 0 bridgehead atoms. The van der Waals surface area contributed by atoms with Gasteiger partial charge in [-0.1, -0.05) is 18.5 Å². The predicted molar refractivity (Wildman–Crippen MR) is 63.2 cm³/mol. The number of halogens is 1. The zero-order chi connectivity index (χ0) is 12.6. The number of carbonyl (C=O) groups excluding carboxylic acids is 1. The molecule has 0 aromatic carbocycles. The quantitative estimate of drug-likeness (QED) is 0.788. The lowest BCUT2D eigenvalue weighted by Crippen LogP contribution is -1.89. The van der Waals surface area contributed by atoms with E-state index < -0.39 is 0 Å². The molecule has 2 heterocycles. The van der Waals surface area contributed by atoms with Crippen LogP contribution in [0.5, 0.6) is 0 Å². The fourth-order valence-corrected chi connectivity index (χ4v) is 1.79. The maximum absolute atomic E-state index is 11.0. The van der Waals surface area contributed by atoms with E-state index in [1.807, 2.05) is 13.8 Å². The van der Waals surface area contributed by atoms with Crippen molar-refractivity contribution >= 4 is 17.9 Å². The number of carbonyl (C=O) groups is 1. The molecule has 17 heavy (non-hydrogen) atoms. The average Bonchev–Trinajstić information content (AvgIpc) is 2.81. The molecule has 0 fully saturated rings. The molecule has 2 aromatic heterocycles. The van der Waals surface area contributed by atoms with Gasteiger partial charge in [0.15, 0.2) is 17.9 Å². The second-order valence-electron chi connectivity index (χ2n) is 3.67. The van der Waals surface area contributed by atoms with Gasteiger partial charge >= 0.3 is 0 Å². The van der Waals surface area contributed by atoms with Gasteiger partial charge in [-0.25, -0.2) is 4.98 Å². The predicted octanol–water partition coefficient (Wildman–Crippen LogP) is 2.41. The largest absolute Gasteiger partial charge is 0.439 e. The third-order valence-corrected chi connectivity index (χ3v) is 2.94. The molecule has 5 nitrogen and oxygen atoms in total. The number of aromatic nitrogens is 3. The summed E-state index contributed by atoms with van der Waals surface area (Å²) in [5, 5.41) is 4.47. The monoisotopic (exact) mass is 253 g/mol. The molecule has 0 saturated heterocycles.